The van der Waals surface area contributed by atoms with Gasteiger partial charge in [-0.15, -0.1) is 0 Å². The number of likely N-dealkylation sites (N-methyl/N-ethyl adjacent to an activating group) is 1. The molecule has 0 heterocycles. The normalized spacial score (nSPS) is 10.6. The van der Waals surface area contributed by atoms with Gasteiger partial charge in [-0.05, 0) is 49.3 Å². The maximum atomic E-state index is 12.1. The van der Waals surface area contributed by atoms with E-state index in [1.165, 1.54) is 0 Å². The second-order valence-corrected chi connectivity index (χ2v) is 7.36. The summed E-state index contributed by atoms with van der Waals surface area (Å²) in [7, 11) is 1.61. The van der Waals surface area contributed by atoms with E-state index in [1.54, 1.807) is 19.2 Å². The smallest absolute Gasteiger partial charge is 0.251 e. The molecule has 2 rings (SSSR count). The lowest BCUT2D eigenvalue weighted by Crippen LogP contribution is -2.28. The van der Waals surface area contributed by atoms with Crippen molar-refractivity contribution < 1.29 is 19.1 Å². The number of benzene rings is 2. The standard InChI is InChI=1S/C25H35N3O4/c1-4-28(5-2)16-17-32-22-14-13-20(18-23(22)31-3)19-27-24(29)12-9-15-26-25(30)21-10-7-6-8-11-21/h6-8,10-11,13-14,18H,4-5,9,12,15-17,19H2,1-3H3,(H,26,30)(H,27,29). The van der Waals surface area contributed by atoms with E-state index in [0.29, 0.717) is 49.6 Å². The first-order valence-corrected chi connectivity index (χ1v) is 11.2. The molecular weight excluding hydrogens is 406 g/mol. The van der Waals surface area contributed by atoms with E-state index in [2.05, 4.69) is 29.4 Å². The summed E-state index contributed by atoms with van der Waals surface area (Å²) in [4.78, 5) is 26.4. The van der Waals surface area contributed by atoms with Gasteiger partial charge in [0.2, 0.25) is 5.91 Å². The highest BCUT2D eigenvalue weighted by molar-refractivity contribution is 5.94. The third-order valence-corrected chi connectivity index (χ3v) is 5.18. The summed E-state index contributed by atoms with van der Waals surface area (Å²) in [5.74, 6) is 1.17. The van der Waals surface area contributed by atoms with Crippen LogP contribution in [0.3, 0.4) is 0 Å². The Morgan fingerprint density at radius 2 is 1.72 bits per heavy atom. The minimum absolute atomic E-state index is 0.0579. The third kappa shape index (κ3) is 8.59. The van der Waals surface area contributed by atoms with E-state index in [1.807, 2.05) is 36.4 Å². The largest absolute Gasteiger partial charge is 0.493 e. The molecular formula is C25H35N3O4. The van der Waals surface area contributed by atoms with Crippen molar-refractivity contribution in [2.24, 2.45) is 0 Å². The molecule has 0 bridgehead atoms. The molecule has 174 valence electrons. The fraction of sp³-hybridized carbons (Fsp3) is 0.440. The summed E-state index contributed by atoms with van der Waals surface area (Å²) >= 11 is 0. The lowest BCUT2D eigenvalue weighted by molar-refractivity contribution is -0.121. The molecule has 0 spiro atoms. The number of hydrogen-bond acceptors (Lipinski definition) is 5. The number of nitrogens with one attached hydrogen (secondary N) is 2. The van der Waals surface area contributed by atoms with Gasteiger partial charge >= 0.3 is 0 Å². The molecule has 32 heavy (non-hydrogen) atoms. The van der Waals surface area contributed by atoms with Gasteiger partial charge in [0.25, 0.3) is 5.91 Å². The van der Waals surface area contributed by atoms with E-state index in [9.17, 15) is 9.59 Å². The van der Waals surface area contributed by atoms with Crippen LogP contribution in [0.25, 0.3) is 0 Å². The van der Waals surface area contributed by atoms with Gasteiger partial charge in [0.05, 0.1) is 7.11 Å². The molecule has 0 radical (unpaired) electrons. The van der Waals surface area contributed by atoms with Crippen molar-refractivity contribution in [2.45, 2.75) is 33.2 Å². The molecule has 0 saturated heterocycles. The molecule has 0 aliphatic heterocycles. The van der Waals surface area contributed by atoms with E-state index < -0.39 is 0 Å². The summed E-state index contributed by atoms with van der Waals surface area (Å²) in [5.41, 5.74) is 1.55. The van der Waals surface area contributed by atoms with E-state index in [-0.39, 0.29) is 11.8 Å². The van der Waals surface area contributed by atoms with Crippen LogP contribution in [0.4, 0.5) is 0 Å². The van der Waals surface area contributed by atoms with Gasteiger partial charge in [-0.1, -0.05) is 38.1 Å². The van der Waals surface area contributed by atoms with Crippen LogP contribution in [-0.2, 0) is 11.3 Å². The minimum atomic E-state index is -0.127. The zero-order valence-corrected chi connectivity index (χ0v) is 19.4. The first-order chi connectivity index (χ1) is 15.6. The van der Waals surface area contributed by atoms with Gasteiger partial charge in [-0.25, -0.2) is 0 Å². The van der Waals surface area contributed by atoms with Crippen LogP contribution in [0.2, 0.25) is 0 Å². The maximum absolute atomic E-state index is 12.1. The molecule has 7 nitrogen and oxygen atoms in total. The average molecular weight is 442 g/mol. The van der Waals surface area contributed by atoms with Crippen molar-refractivity contribution in [3.8, 4) is 11.5 Å². The first kappa shape index (κ1) is 25.2. The van der Waals surface area contributed by atoms with Crippen molar-refractivity contribution >= 4 is 11.8 Å². The second kappa shape index (κ2) is 14.1. The van der Waals surface area contributed by atoms with Crippen LogP contribution in [0.5, 0.6) is 11.5 Å². The summed E-state index contributed by atoms with van der Waals surface area (Å²) in [6, 6.07) is 14.7. The van der Waals surface area contributed by atoms with Crippen molar-refractivity contribution in [3.63, 3.8) is 0 Å². The summed E-state index contributed by atoms with van der Waals surface area (Å²) in [5, 5.41) is 5.74. The Morgan fingerprint density at radius 3 is 2.41 bits per heavy atom. The SMILES string of the molecule is CCN(CC)CCOc1ccc(CNC(=O)CCCNC(=O)c2ccccc2)cc1OC. The molecule has 2 aromatic carbocycles. The van der Waals surface area contributed by atoms with Gasteiger partial charge in [0, 0.05) is 31.6 Å². The minimum Gasteiger partial charge on any atom is -0.493 e. The fourth-order valence-corrected chi connectivity index (χ4v) is 3.20. The van der Waals surface area contributed by atoms with Gasteiger partial charge in [-0.3, -0.25) is 9.59 Å². The molecule has 0 aliphatic rings. The first-order valence-electron chi connectivity index (χ1n) is 11.2. The number of nitrogens with zero attached hydrogens (tertiary/aromatic N) is 1. The van der Waals surface area contributed by atoms with E-state index in [0.717, 1.165) is 25.2 Å². The highest BCUT2D eigenvalue weighted by atomic mass is 16.5. The highest BCUT2D eigenvalue weighted by Crippen LogP contribution is 2.28. The number of carbonyl (C=O) groups excluding carboxylic acids is 2. The monoisotopic (exact) mass is 441 g/mol. The zero-order chi connectivity index (χ0) is 23.2. The lowest BCUT2D eigenvalue weighted by atomic mass is 10.2. The van der Waals surface area contributed by atoms with Crippen molar-refractivity contribution in [1.29, 1.82) is 0 Å². The molecule has 0 atom stereocenters. The Morgan fingerprint density at radius 1 is 0.969 bits per heavy atom. The lowest BCUT2D eigenvalue weighted by Gasteiger charge is -2.19. The van der Waals surface area contributed by atoms with Crippen molar-refractivity contribution in [3.05, 3.63) is 59.7 Å². The molecule has 0 fully saturated rings. The Balaban J connectivity index is 1.70. The molecule has 2 N–H and O–H groups in total. The molecule has 0 aromatic heterocycles. The number of methoxy groups -OCH3 is 1. The van der Waals surface area contributed by atoms with E-state index >= 15 is 0 Å². The predicted molar refractivity (Wildman–Crippen MR) is 126 cm³/mol. The average Bonchev–Trinajstić information content (AvgIpc) is 2.84. The highest BCUT2D eigenvalue weighted by Gasteiger charge is 2.09. The van der Waals surface area contributed by atoms with Gasteiger partial charge in [0.1, 0.15) is 6.61 Å². The predicted octanol–water partition coefficient (Wildman–Crippen LogP) is 3.24. The van der Waals surface area contributed by atoms with Gasteiger partial charge < -0.3 is 25.0 Å². The van der Waals surface area contributed by atoms with Gasteiger partial charge in [0.15, 0.2) is 11.5 Å². The summed E-state index contributed by atoms with van der Waals surface area (Å²) in [6.45, 7) is 8.57. The fourth-order valence-electron chi connectivity index (χ4n) is 3.20. The van der Waals surface area contributed by atoms with Crippen LogP contribution in [0.15, 0.2) is 48.5 Å². The van der Waals surface area contributed by atoms with Crippen molar-refractivity contribution in [2.75, 3.05) is 39.9 Å². The molecule has 0 saturated carbocycles. The Kier molecular flexibility index (Phi) is 11.1. The van der Waals surface area contributed by atoms with Crippen LogP contribution in [0, 0.1) is 0 Å². The maximum Gasteiger partial charge on any atom is 0.251 e. The van der Waals surface area contributed by atoms with Crippen LogP contribution < -0.4 is 20.1 Å². The number of amides is 2. The number of carbonyl (C=O) groups is 2. The molecule has 2 amide bonds. The zero-order valence-electron chi connectivity index (χ0n) is 19.4. The molecule has 2 aromatic rings. The van der Waals surface area contributed by atoms with E-state index in [4.69, 9.17) is 9.47 Å². The number of hydrogen-bond donors (Lipinski definition) is 2. The second-order valence-electron chi connectivity index (χ2n) is 7.36. The van der Waals surface area contributed by atoms with Crippen LogP contribution >= 0.6 is 0 Å². The molecule has 7 heteroatoms. The van der Waals surface area contributed by atoms with Crippen LogP contribution in [0.1, 0.15) is 42.6 Å². The topological polar surface area (TPSA) is 79.9 Å². The van der Waals surface area contributed by atoms with Crippen molar-refractivity contribution in [1.82, 2.24) is 15.5 Å². The Bertz CT molecular complexity index is 838. The molecule has 0 unspecified atom stereocenters. The Hall–Kier alpha value is -3.06. The summed E-state index contributed by atoms with van der Waals surface area (Å²) in [6.07, 6.45) is 0.922. The quantitative estimate of drug-likeness (QED) is 0.440. The van der Waals surface area contributed by atoms with Gasteiger partial charge in [-0.2, -0.15) is 0 Å². The third-order valence-electron chi connectivity index (χ3n) is 5.18. The number of ether oxygens (including phenoxy) is 2. The summed E-state index contributed by atoms with van der Waals surface area (Å²) < 4.78 is 11.3. The van der Waals surface area contributed by atoms with Crippen LogP contribution in [-0.4, -0.2) is 56.6 Å². The molecule has 0 aliphatic carbocycles. The number of rotatable bonds is 14. The Labute approximate surface area is 191 Å².